The highest BCUT2D eigenvalue weighted by Crippen LogP contribution is 2.05. The van der Waals surface area contributed by atoms with Gasteiger partial charge >= 0.3 is 11.9 Å². The maximum Gasteiger partial charge on any atom is 0.365 e. The van der Waals surface area contributed by atoms with Gasteiger partial charge in [0.15, 0.2) is 17.9 Å². The molecule has 0 aliphatic carbocycles. The van der Waals surface area contributed by atoms with Gasteiger partial charge in [0.1, 0.15) is 0 Å². The molecule has 0 aliphatic rings. The number of carbonyl (C=O) groups excluding carboxylic acids is 3. The lowest BCUT2D eigenvalue weighted by molar-refractivity contribution is -0.696. The summed E-state index contributed by atoms with van der Waals surface area (Å²) in [6, 6.07) is 7.34. The van der Waals surface area contributed by atoms with Crippen molar-refractivity contribution in [2.45, 2.75) is 52.3 Å². The fourth-order valence-electron chi connectivity index (χ4n) is 2.19. The molecule has 2 N–H and O–H groups in total. The quantitative estimate of drug-likeness (QED) is 0.539. The molecule has 0 heterocycles. The number of hydrogen-bond donors (Lipinski definition) is 1. The summed E-state index contributed by atoms with van der Waals surface area (Å²) < 4.78 is 10.2. The fourth-order valence-corrected chi connectivity index (χ4v) is 2.19. The Morgan fingerprint density at radius 3 is 2.21 bits per heavy atom. The minimum Gasteiger partial charge on any atom is -0.462 e. The zero-order valence-electron chi connectivity index (χ0n) is 14.7. The van der Waals surface area contributed by atoms with Crippen molar-refractivity contribution in [1.29, 1.82) is 0 Å². The number of carbonyl (C=O) groups is 3. The van der Waals surface area contributed by atoms with Gasteiger partial charge in [0, 0.05) is 5.56 Å². The zero-order chi connectivity index (χ0) is 18.1. The molecule has 0 aliphatic heterocycles. The summed E-state index contributed by atoms with van der Waals surface area (Å²) in [7, 11) is 0. The molecule has 1 aromatic carbocycles. The van der Waals surface area contributed by atoms with Gasteiger partial charge in [-0.1, -0.05) is 30.3 Å². The molecule has 0 radical (unpaired) electrons. The lowest BCUT2D eigenvalue weighted by Gasteiger charge is -2.18. The second-order valence-electron chi connectivity index (χ2n) is 5.82. The molecular weight excluding hydrogens is 310 g/mol. The molecule has 1 aromatic rings. The number of rotatable bonds is 9. The Kier molecular flexibility index (Phi) is 8.12. The number of Topliss-reactive ketones (excluding diaryl/α,β-unsaturated/α-hetero) is 1. The van der Waals surface area contributed by atoms with Crippen molar-refractivity contribution in [3.8, 4) is 0 Å². The van der Waals surface area contributed by atoms with Crippen LogP contribution >= 0.6 is 0 Å². The molecule has 0 unspecified atom stereocenters. The smallest absolute Gasteiger partial charge is 0.365 e. The monoisotopic (exact) mass is 336 g/mol. The first-order valence-corrected chi connectivity index (χ1v) is 8.15. The lowest BCUT2D eigenvalue weighted by atomic mass is 10.0. The number of hydrogen-bond acceptors (Lipinski definition) is 5. The SMILES string of the molecule is CCOC(=O)[C@@H](CC(=O)c1ccccc1)[NH2+][C@@H](C)C(=O)OC(C)C. The third-order valence-electron chi connectivity index (χ3n) is 3.34. The van der Waals surface area contributed by atoms with E-state index in [0.717, 1.165) is 0 Å². The summed E-state index contributed by atoms with van der Waals surface area (Å²) in [6.07, 6.45) is -0.275. The third kappa shape index (κ3) is 6.50. The predicted octanol–water partition coefficient (Wildman–Crippen LogP) is 1.09. The second-order valence-corrected chi connectivity index (χ2v) is 5.82. The second kappa shape index (κ2) is 9.82. The van der Waals surface area contributed by atoms with E-state index in [4.69, 9.17) is 9.47 Å². The van der Waals surface area contributed by atoms with Gasteiger partial charge in [-0.05, 0) is 27.7 Å². The van der Waals surface area contributed by atoms with E-state index in [0.29, 0.717) is 5.56 Å². The lowest BCUT2D eigenvalue weighted by Crippen LogP contribution is -2.98. The normalized spacial score (nSPS) is 13.2. The molecule has 6 nitrogen and oxygen atoms in total. The third-order valence-corrected chi connectivity index (χ3v) is 3.34. The molecule has 0 spiro atoms. The summed E-state index contributed by atoms with van der Waals surface area (Å²) in [5, 5.41) is 1.53. The van der Waals surface area contributed by atoms with Crippen molar-refractivity contribution < 1.29 is 29.2 Å². The van der Waals surface area contributed by atoms with E-state index in [9.17, 15) is 14.4 Å². The van der Waals surface area contributed by atoms with Gasteiger partial charge in [0.2, 0.25) is 0 Å². The number of nitrogens with two attached hydrogens (primary N) is 1. The van der Waals surface area contributed by atoms with E-state index in [2.05, 4.69) is 0 Å². The van der Waals surface area contributed by atoms with E-state index in [1.165, 1.54) is 5.32 Å². The number of esters is 2. The average molecular weight is 336 g/mol. The molecule has 0 bridgehead atoms. The van der Waals surface area contributed by atoms with E-state index in [1.807, 2.05) is 6.07 Å². The first kappa shape index (κ1) is 19.8. The summed E-state index contributed by atoms with van der Waals surface area (Å²) in [5.41, 5.74) is 0.526. The van der Waals surface area contributed by atoms with Gasteiger partial charge in [-0.3, -0.25) is 4.79 Å². The molecule has 0 saturated heterocycles. The fraction of sp³-hybridized carbons (Fsp3) is 0.500. The molecule has 0 aromatic heterocycles. The van der Waals surface area contributed by atoms with Crippen LogP contribution in [0.3, 0.4) is 0 Å². The van der Waals surface area contributed by atoms with Crippen LogP contribution in [0.4, 0.5) is 0 Å². The highest BCUT2D eigenvalue weighted by Gasteiger charge is 2.32. The van der Waals surface area contributed by atoms with Crippen molar-refractivity contribution in [3.05, 3.63) is 35.9 Å². The molecule has 6 heteroatoms. The van der Waals surface area contributed by atoms with E-state index < -0.39 is 24.0 Å². The Hall–Kier alpha value is -2.21. The topological polar surface area (TPSA) is 86.3 Å². The van der Waals surface area contributed by atoms with Gasteiger partial charge in [-0.25, -0.2) is 9.59 Å². The molecular formula is C18H26NO5+. The van der Waals surface area contributed by atoms with Crippen molar-refractivity contribution in [2.75, 3.05) is 6.61 Å². The van der Waals surface area contributed by atoms with Gasteiger partial charge < -0.3 is 14.8 Å². The van der Waals surface area contributed by atoms with Crippen molar-refractivity contribution in [3.63, 3.8) is 0 Å². The molecule has 132 valence electrons. The number of ether oxygens (including phenoxy) is 2. The van der Waals surface area contributed by atoms with Crippen LogP contribution in [-0.2, 0) is 19.1 Å². The van der Waals surface area contributed by atoms with Gasteiger partial charge in [-0.2, -0.15) is 0 Å². The maximum absolute atomic E-state index is 12.3. The molecule has 0 saturated carbocycles. The summed E-state index contributed by atoms with van der Waals surface area (Å²) in [6.45, 7) is 7.07. The van der Waals surface area contributed by atoms with E-state index in [1.54, 1.807) is 52.0 Å². The van der Waals surface area contributed by atoms with Crippen LogP contribution in [0.1, 0.15) is 44.5 Å². The minimum absolute atomic E-state index is 0.0395. The summed E-state index contributed by atoms with van der Waals surface area (Å²) in [4.78, 5) is 36.4. The molecule has 0 amide bonds. The predicted molar refractivity (Wildman–Crippen MR) is 88.4 cm³/mol. The highest BCUT2D eigenvalue weighted by molar-refractivity contribution is 5.98. The van der Waals surface area contributed by atoms with E-state index in [-0.39, 0.29) is 24.9 Å². The van der Waals surface area contributed by atoms with E-state index >= 15 is 0 Å². The van der Waals surface area contributed by atoms with Crippen molar-refractivity contribution >= 4 is 17.7 Å². The summed E-state index contributed by atoms with van der Waals surface area (Å²) >= 11 is 0. The average Bonchev–Trinajstić information content (AvgIpc) is 2.54. The van der Waals surface area contributed by atoms with Crippen LogP contribution in [0.15, 0.2) is 30.3 Å². The number of benzene rings is 1. The van der Waals surface area contributed by atoms with Crippen LogP contribution in [0.25, 0.3) is 0 Å². The summed E-state index contributed by atoms with van der Waals surface area (Å²) in [5.74, 6) is -1.10. The largest absolute Gasteiger partial charge is 0.462 e. The molecule has 24 heavy (non-hydrogen) atoms. The molecule has 0 fully saturated rings. The number of quaternary nitrogens is 1. The Morgan fingerprint density at radius 1 is 1.04 bits per heavy atom. The Bertz CT molecular complexity index is 556. The molecule has 1 rings (SSSR count). The number of ketones is 1. The Balaban J connectivity index is 2.79. The van der Waals surface area contributed by atoms with Crippen LogP contribution in [0.5, 0.6) is 0 Å². The molecule has 2 atom stereocenters. The van der Waals surface area contributed by atoms with Crippen LogP contribution in [0, 0.1) is 0 Å². The Morgan fingerprint density at radius 2 is 1.67 bits per heavy atom. The van der Waals surface area contributed by atoms with Crippen LogP contribution < -0.4 is 5.32 Å². The van der Waals surface area contributed by atoms with Gasteiger partial charge in [-0.15, -0.1) is 0 Å². The zero-order valence-corrected chi connectivity index (χ0v) is 14.7. The first-order valence-electron chi connectivity index (χ1n) is 8.15. The Labute approximate surface area is 142 Å². The minimum atomic E-state index is -0.785. The highest BCUT2D eigenvalue weighted by atomic mass is 16.5. The standard InChI is InChI=1S/C18H25NO5/c1-5-23-18(22)15(19-13(4)17(21)24-12(2)3)11-16(20)14-9-7-6-8-10-14/h6-10,12-13,15,19H,5,11H2,1-4H3/p+1/t13-,15+/m0/s1. The van der Waals surface area contributed by atoms with Gasteiger partial charge in [0.25, 0.3) is 0 Å². The first-order chi connectivity index (χ1) is 11.3. The van der Waals surface area contributed by atoms with Crippen molar-refractivity contribution in [2.24, 2.45) is 0 Å². The maximum atomic E-state index is 12.3. The van der Waals surface area contributed by atoms with Gasteiger partial charge in [0.05, 0.1) is 19.1 Å². The van der Waals surface area contributed by atoms with Crippen LogP contribution in [-0.4, -0.2) is 42.5 Å². The van der Waals surface area contributed by atoms with Crippen LogP contribution in [0.2, 0.25) is 0 Å². The van der Waals surface area contributed by atoms with Crippen molar-refractivity contribution in [1.82, 2.24) is 0 Å².